The lowest BCUT2D eigenvalue weighted by Gasteiger charge is -2.19. The van der Waals surface area contributed by atoms with Crippen LogP contribution in [0.3, 0.4) is 0 Å². The van der Waals surface area contributed by atoms with Gasteiger partial charge in [-0.25, -0.2) is 4.79 Å². The topological polar surface area (TPSA) is 42.9 Å². The summed E-state index contributed by atoms with van der Waals surface area (Å²) in [6.45, 7) is 1.07. The Morgan fingerprint density at radius 2 is 2.50 bits per heavy atom. The Hall–Kier alpha value is -0.570. The lowest BCUT2D eigenvalue weighted by Crippen LogP contribution is -3.00. The maximum atomic E-state index is 10.5. The number of quaternary nitrogens is 1. The zero-order valence-corrected chi connectivity index (χ0v) is 4.89. The van der Waals surface area contributed by atoms with E-state index in [9.17, 15) is 4.79 Å². The summed E-state index contributed by atoms with van der Waals surface area (Å²) in [5.74, 6) is -0.0868. The number of hydrogen-bond acceptors (Lipinski definition) is 2. The van der Waals surface area contributed by atoms with E-state index in [1.165, 1.54) is 7.11 Å². The first-order valence-corrected chi connectivity index (χ1v) is 2.76. The summed E-state index contributed by atoms with van der Waals surface area (Å²) in [5.41, 5.74) is 0. The molecule has 1 saturated heterocycles. The normalized spacial score (nSPS) is 26.4. The minimum atomic E-state index is -0.0868. The molecule has 0 spiro atoms. The highest BCUT2D eigenvalue weighted by Gasteiger charge is 2.29. The third kappa shape index (κ3) is 0.816. The van der Waals surface area contributed by atoms with Gasteiger partial charge in [-0.1, -0.05) is 0 Å². The third-order valence-corrected chi connectivity index (χ3v) is 1.43. The Kier molecular flexibility index (Phi) is 1.48. The van der Waals surface area contributed by atoms with Gasteiger partial charge in [-0.15, -0.1) is 0 Å². The van der Waals surface area contributed by atoms with E-state index in [-0.39, 0.29) is 12.0 Å². The van der Waals surface area contributed by atoms with Crippen LogP contribution in [-0.2, 0) is 9.53 Å². The van der Waals surface area contributed by atoms with Crippen LogP contribution in [0.5, 0.6) is 0 Å². The molecule has 1 atom stereocenters. The van der Waals surface area contributed by atoms with Crippen molar-refractivity contribution < 1.29 is 14.8 Å². The molecular weight excluding hydrogens is 106 g/mol. The molecule has 0 saturated carbocycles. The van der Waals surface area contributed by atoms with Gasteiger partial charge >= 0.3 is 5.97 Å². The van der Waals surface area contributed by atoms with Crippen LogP contribution in [0.25, 0.3) is 0 Å². The van der Waals surface area contributed by atoms with E-state index in [1.807, 2.05) is 5.32 Å². The SMILES string of the molecule is COC(=O)C1CC[NH2+]1. The molecule has 2 N–H and O–H groups in total. The fourth-order valence-corrected chi connectivity index (χ4v) is 0.699. The van der Waals surface area contributed by atoms with Crippen molar-refractivity contribution >= 4 is 5.97 Å². The van der Waals surface area contributed by atoms with E-state index < -0.39 is 0 Å². The van der Waals surface area contributed by atoms with Crippen LogP contribution in [0.2, 0.25) is 0 Å². The lowest BCUT2D eigenvalue weighted by atomic mass is 10.1. The van der Waals surface area contributed by atoms with E-state index in [0.29, 0.717) is 0 Å². The Bertz CT molecular complexity index is 98.6. The highest BCUT2D eigenvalue weighted by molar-refractivity contribution is 5.74. The third-order valence-electron chi connectivity index (χ3n) is 1.43. The second-order valence-corrected chi connectivity index (χ2v) is 1.94. The molecule has 0 aromatic heterocycles. The maximum absolute atomic E-state index is 10.5. The van der Waals surface area contributed by atoms with Gasteiger partial charge in [0.05, 0.1) is 20.1 Å². The Labute approximate surface area is 48.0 Å². The van der Waals surface area contributed by atoms with Crippen LogP contribution in [0, 0.1) is 0 Å². The average molecular weight is 116 g/mol. The van der Waals surface area contributed by atoms with Crippen molar-refractivity contribution in [3.05, 3.63) is 0 Å². The van der Waals surface area contributed by atoms with E-state index in [4.69, 9.17) is 0 Å². The molecule has 0 radical (unpaired) electrons. The van der Waals surface area contributed by atoms with Crippen molar-refractivity contribution in [2.45, 2.75) is 12.5 Å². The van der Waals surface area contributed by atoms with Gasteiger partial charge in [0.1, 0.15) is 0 Å². The maximum Gasteiger partial charge on any atom is 0.364 e. The smallest absolute Gasteiger partial charge is 0.364 e. The Morgan fingerprint density at radius 1 is 1.88 bits per heavy atom. The van der Waals surface area contributed by atoms with Gasteiger partial charge in [0.2, 0.25) is 0 Å². The van der Waals surface area contributed by atoms with Gasteiger partial charge < -0.3 is 10.1 Å². The number of nitrogens with two attached hydrogens (primary N) is 1. The summed E-state index contributed by atoms with van der Waals surface area (Å²) >= 11 is 0. The molecule has 0 aromatic rings. The second kappa shape index (κ2) is 2.13. The van der Waals surface area contributed by atoms with Crippen molar-refractivity contribution in [1.29, 1.82) is 0 Å². The Morgan fingerprint density at radius 3 is 2.62 bits per heavy atom. The minimum Gasteiger partial charge on any atom is -0.465 e. The first kappa shape index (κ1) is 5.56. The van der Waals surface area contributed by atoms with Gasteiger partial charge in [0, 0.05) is 0 Å². The quantitative estimate of drug-likeness (QED) is 0.423. The molecule has 1 heterocycles. The van der Waals surface area contributed by atoms with E-state index in [1.54, 1.807) is 0 Å². The molecule has 46 valence electrons. The molecule has 3 nitrogen and oxygen atoms in total. The van der Waals surface area contributed by atoms with Crippen LogP contribution in [0.1, 0.15) is 6.42 Å². The van der Waals surface area contributed by atoms with Gasteiger partial charge in [-0.2, -0.15) is 0 Å². The molecule has 1 fully saturated rings. The number of hydrogen-bond donors (Lipinski definition) is 1. The zero-order valence-electron chi connectivity index (χ0n) is 4.89. The number of esters is 1. The van der Waals surface area contributed by atoms with Crippen LogP contribution in [0.15, 0.2) is 0 Å². The van der Waals surface area contributed by atoms with E-state index in [2.05, 4.69) is 4.74 Å². The number of ether oxygens (including phenoxy) is 1. The molecule has 0 bridgehead atoms. The first-order chi connectivity index (χ1) is 3.84. The van der Waals surface area contributed by atoms with Gasteiger partial charge in [-0.3, -0.25) is 0 Å². The van der Waals surface area contributed by atoms with Gasteiger partial charge in [-0.05, 0) is 0 Å². The van der Waals surface area contributed by atoms with Crippen LogP contribution >= 0.6 is 0 Å². The van der Waals surface area contributed by atoms with E-state index in [0.717, 1.165) is 13.0 Å². The second-order valence-electron chi connectivity index (χ2n) is 1.94. The fourth-order valence-electron chi connectivity index (χ4n) is 0.699. The summed E-state index contributed by atoms with van der Waals surface area (Å²) in [4.78, 5) is 10.5. The summed E-state index contributed by atoms with van der Waals surface area (Å²) in [7, 11) is 1.43. The fraction of sp³-hybridized carbons (Fsp3) is 0.800. The van der Waals surface area contributed by atoms with Crippen molar-refractivity contribution in [1.82, 2.24) is 0 Å². The zero-order chi connectivity index (χ0) is 5.98. The van der Waals surface area contributed by atoms with Crippen molar-refractivity contribution in [2.75, 3.05) is 13.7 Å². The summed E-state index contributed by atoms with van der Waals surface area (Å²) < 4.78 is 4.48. The van der Waals surface area contributed by atoms with Crippen LogP contribution in [0.4, 0.5) is 0 Å². The number of carbonyl (C=O) groups is 1. The molecule has 1 aliphatic heterocycles. The highest BCUT2D eigenvalue weighted by atomic mass is 16.5. The number of rotatable bonds is 1. The molecule has 1 unspecified atom stereocenters. The van der Waals surface area contributed by atoms with Gasteiger partial charge in [0.25, 0.3) is 0 Å². The number of carbonyl (C=O) groups excluding carboxylic acids is 1. The highest BCUT2D eigenvalue weighted by Crippen LogP contribution is 1.92. The van der Waals surface area contributed by atoms with Crippen molar-refractivity contribution in [3.8, 4) is 0 Å². The number of methoxy groups -OCH3 is 1. The summed E-state index contributed by atoms with van der Waals surface area (Å²) in [6.07, 6.45) is 0.979. The Balaban J connectivity index is 2.24. The van der Waals surface area contributed by atoms with Crippen molar-refractivity contribution in [3.63, 3.8) is 0 Å². The molecule has 8 heavy (non-hydrogen) atoms. The first-order valence-electron chi connectivity index (χ1n) is 2.76. The average Bonchev–Trinajstić information content (AvgIpc) is 1.62. The molecule has 0 aliphatic carbocycles. The lowest BCUT2D eigenvalue weighted by molar-refractivity contribution is -0.730. The predicted molar refractivity (Wildman–Crippen MR) is 27.2 cm³/mol. The van der Waals surface area contributed by atoms with Crippen molar-refractivity contribution in [2.24, 2.45) is 0 Å². The monoisotopic (exact) mass is 116 g/mol. The van der Waals surface area contributed by atoms with Crippen LogP contribution < -0.4 is 5.32 Å². The molecule has 3 heteroatoms. The standard InChI is InChI=1S/C5H9NO2/c1-8-5(7)4-2-3-6-4/h4,6H,2-3H2,1H3/p+1. The minimum absolute atomic E-state index is 0.0868. The molecule has 0 aromatic carbocycles. The summed E-state index contributed by atoms with van der Waals surface area (Å²) in [6, 6.07) is 0.111. The molecule has 1 aliphatic rings. The molecular formula is C5H10NO2+. The summed E-state index contributed by atoms with van der Waals surface area (Å²) in [5, 5.41) is 1.98. The van der Waals surface area contributed by atoms with Gasteiger partial charge in [0.15, 0.2) is 6.04 Å². The van der Waals surface area contributed by atoms with Crippen LogP contribution in [-0.4, -0.2) is 25.7 Å². The largest absolute Gasteiger partial charge is 0.465 e. The molecule has 1 rings (SSSR count). The van der Waals surface area contributed by atoms with E-state index >= 15 is 0 Å². The molecule has 0 amide bonds. The predicted octanol–water partition coefficient (Wildman–Crippen LogP) is -1.50.